The summed E-state index contributed by atoms with van der Waals surface area (Å²) in [5.41, 5.74) is 9.68. The second-order valence-electron chi connectivity index (χ2n) is 11.1. The van der Waals surface area contributed by atoms with Gasteiger partial charge in [-0.25, -0.2) is 4.98 Å². The van der Waals surface area contributed by atoms with Crippen LogP contribution in [-0.2, 0) is 0 Å². The zero-order valence-electron chi connectivity index (χ0n) is 22.1. The number of pyridine rings is 1. The zero-order valence-corrected chi connectivity index (χ0v) is 22.1. The van der Waals surface area contributed by atoms with E-state index in [-0.39, 0.29) is 0 Å². The standard InChI is InChI=1S/C37H27N3/c1-2-14-31-30(13-1)36-27(24-9-7-10-24)15-8-18-34(36)40-35(23-38-37(31)40)25-19-21-26(22-20-25)39-32-16-5-3-11-28(32)29-12-4-6-17-33(29)39/h1-6,8,11-24H,7,9-10H2. The van der Waals surface area contributed by atoms with E-state index in [1.165, 1.54) is 73.9 Å². The van der Waals surface area contributed by atoms with Crippen LogP contribution in [-0.4, -0.2) is 14.0 Å². The van der Waals surface area contributed by atoms with Gasteiger partial charge in [0.1, 0.15) is 5.65 Å². The first-order chi connectivity index (χ1) is 19.9. The maximum Gasteiger partial charge on any atom is 0.145 e. The number of imidazole rings is 1. The van der Waals surface area contributed by atoms with Crippen molar-refractivity contribution < 1.29 is 0 Å². The Labute approximate surface area is 231 Å². The molecule has 1 saturated carbocycles. The highest BCUT2D eigenvalue weighted by Crippen LogP contribution is 2.43. The lowest BCUT2D eigenvalue weighted by molar-refractivity contribution is 0.422. The van der Waals surface area contributed by atoms with Gasteiger partial charge in [-0.1, -0.05) is 91.3 Å². The molecule has 0 unspecified atom stereocenters. The minimum absolute atomic E-state index is 0.655. The molecule has 0 amide bonds. The summed E-state index contributed by atoms with van der Waals surface area (Å²) >= 11 is 0. The van der Waals surface area contributed by atoms with Crippen molar-refractivity contribution in [3.63, 3.8) is 0 Å². The maximum atomic E-state index is 4.99. The molecule has 0 aliphatic heterocycles. The molecule has 0 N–H and O–H groups in total. The monoisotopic (exact) mass is 513 g/mol. The van der Waals surface area contributed by atoms with Crippen LogP contribution in [0, 0.1) is 0 Å². The molecule has 0 atom stereocenters. The maximum absolute atomic E-state index is 4.99. The predicted molar refractivity (Wildman–Crippen MR) is 167 cm³/mol. The average Bonchev–Trinajstić information content (AvgIpc) is 3.57. The van der Waals surface area contributed by atoms with Crippen LogP contribution in [0.3, 0.4) is 0 Å². The molecular weight excluding hydrogens is 486 g/mol. The van der Waals surface area contributed by atoms with Crippen LogP contribution in [0.2, 0.25) is 0 Å². The SMILES string of the molecule is c1ccc2c(c1)c1c(C3CCC3)cccc1n1c(-c3ccc(-n4c5ccccc5c5ccccc54)cc3)cnc21. The molecule has 5 aromatic carbocycles. The lowest BCUT2D eigenvalue weighted by atomic mass is 9.78. The minimum atomic E-state index is 0.655. The van der Waals surface area contributed by atoms with Gasteiger partial charge in [0.15, 0.2) is 0 Å². The van der Waals surface area contributed by atoms with Gasteiger partial charge in [0.25, 0.3) is 0 Å². The Hall–Kier alpha value is -4.89. The van der Waals surface area contributed by atoms with Gasteiger partial charge in [-0.15, -0.1) is 0 Å². The van der Waals surface area contributed by atoms with Crippen molar-refractivity contribution in [1.29, 1.82) is 0 Å². The average molecular weight is 514 g/mol. The van der Waals surface area contributed by atoms with E-state index < -0.39 is 0 Å². The highest BCUT2D eigenvalue weighted by Gasteiger charge is 2.24. The number of hydrogen-bond donors (Lipinski definition) is 0. The summed E-state index contributed by atoms with van der Waals surface area (Å²) in [6.07, 6.45) is 5.95. The van der Waals surface area contributed by atoms with Gasteiger partial charge in [0.2, 0.25) is 0 Å². The Bertz CT molecular complexity index is 2190. The fourth-order valence-corrected chi connectivity index (χ4v) is 6.96. The highest BCUT2D eigenvalue weighted by molar-refractivity contribution is 6.14. The molecule has 9 rings (SSSR count). The van der Waals surface area contributed by atoms with Crippen LogP contribution in [0.5, 0.6) is 0 Å². The first kappa shape index (κ1) is 22.0. The molecule has 3 heterocycles. The van der Waals surface area contributed by atoms with Gasteiger partial charge in [0, 0.05) is 32.8 Å². The van der Waals surface area contributed by atoms with Crippen LogP contribution in [0.1, 0.15) is 30.7 Å². The number of hydrogen-bond acceptors (Lipinski definition) is 1. The molecule has 0 bridgehead atoms. The third-order valence-electron chi connectivity index (χ3n) is 9.06. The van der Waals surface area contributed by atoms with Crippen molar-refractivity contribution in [1.82, 2.24) is 14.0 Å². The van der Waals surface area contributed by atoms with E-state index in [9.17, 15) is 0 Å². The molecular formula is C37H27N3. The molecule has 190 valence electrons. The van der Waals surface area contributed by atoms with Gasteiger partial charge < -0.3 is 4.57 Å². The summed E-state index contributed by atoms with van der Waals surface area (Å²) in [5.74, 6) is 0.655. The van der Waals surface area contributed by atoms with Gasteiger partial charge in [0.05, 0.1) is 28.4 Å². The van der Waals surface area contributed by atoms with Crippen molar-refractivity contribution in [3.05, 3.63) is 127 Å². The normalized spacial score (nSPS) is 14.1. The van der Waals surface area contributed by atoms with E-state index in [0.717, 1.165) is 17.0 Å². The molecule has 3 nitrogen and oxygen atoms in total. The second kappa shape index (κ2) is 8.30. The summed E-state index contributed by atoms with van der Waals surface area (Å²) in [6, 6.07) is 42.0. The van der Waals surface area contributed by atoms with Crippen LogP contribution in [0.15, 0.2) is 121 Å². The molecule has 8 aromatic rings. The van der Waals surface area contributed by atoms with E-state index in [1.54, 1.807) is 0 Å². The van der Waals surface area contributed by atoms with E-state index in [1.807, 2.05) is 6.20 Å². The summed E-state index contributed by atoms with van der Waals surface area (Å²) in [7, 11) is 0. The summed E-state index contributed by atoms with van der Waals surface area (Å²) in [5, 5.41) is 6.48. The highest BCUT2D eigenvalue weighted by atomic mass is 15.0. The molecule has 3 heteroatoms. The second-order valence-corrected chi connectivity index (χ2v) is 11.1. The number of aromatic nitrogens is 3. The first-order valence-electron chi connectivity index (χ1n) is 14.3. The lowest BCUT2D eigenvalue weighted by Crippen LogP contribution is -2.10. The molecule has 0 spiro atoms. The number of fused-ring (bicyclic) bond motifs is 9. The fraction of sp³-hybridized carbons (Fsp3) is 0.108. The topological polar surface area (TPSA) is 22.2 Å². The van der Waals surface area contributed by atoms with Crippen molar-refractivity contribution in [3.8, 4) is 16.9 Å². The number of rotatable bonds is 3. The third kappa shape index (κ3) is 2.98. The number of nitrogens with zero attached hydrogens (tertiary/aromatic N) is 3. The minimum Gasteiger partial charge on any atom is -0.309 e. The largest absolute Gasteiger partial charge is 0.309 e. The Morgan fingerprint density at radius 2 is 1.20 bits per heavy atom. The zero-order chi connectivity index (χ0) is 26.2. The molecule has 0 saturated heterocycles. The van der Waals surface area contributed by atoms with Crippen molar-refractivity contribution in [2.75, 3.05) is 0 Å². The Morgan fingerprint density at radius 3 is 1.88 bits per heavy atom. The fourth-order valence-electron chi connectivity index (χ4n) is 6.96. The van der Waals surface area contributed by atoms with Crippen molar-refractivity contribution in [2.24, 2.45) is 0 Å². The number of para-hydroxylation sites is 2. The molecule has 1 aliphatic rings. The third-order valence-corrected chi connectivity index (χ3v) is 9.06. The summed E-state index contributed by atoms with van der Waals surface area (Å²) in [4.78, 5) is 4.99. The van der Waals surface area contributed by atoms with Gasteiger partial charge >= 0.3 is 0 Å². The van der Waals surface area contributed by atoms with Crippen LogP contribution < -0.4 is 0 Å². The van der Waals surface area contributed by atoms with E-state index >= 15 is 0 Å². The molecule has 1 aliphatic carbocycles. The Kier molecular flexibility index (Phi) is 4.56. The van der Waals surface area contributed by atoms with Crippen LogP contribution in [0.25, 0.3) is 66.1 Å². The molecule has 1 fully saturated rings. The van der Waals surface area contributed by atoms with E-state index in [2.05, 4.69) is 124 Å². The van der Waals surface area contributed by atoms with Crippen LogP contribution >= 0.6 is 0 Å². The lowest BCUT2D eigenvalue weighted by Gasteiger charge is -2.28. The summed E-state index contributed by atoms with van der Waals surface area (Å²) in [6.45, 7) is 0. The van der Waals surface area contributed by atoms with Gasteiger partial charge in [-0.05, 0) is 60.0 Å². The Balaban J connectivity index is 1.27. The molecule has 40 heavy (non-hydrogen) atoms. The first-order valence-corrected chi connectivity index (χ1v) is 14.3. The van der Waals surface area contributed by atoms with Gasteiger partial charge in [-0.2, -0.15) is 0 Å². The molecule has 3 aromatic heterocycles. The van der Waals surface area contributed by atoms with E-state index in [4.69, 9.17) is 4.98 Å². The predicted octanol–water partition coefficient (Wildman–Crippen LogP) is 9.67. The molecule has 0 radical (unpaired) electrons. The summed E-state index contributed by atoms with van der Waals surface area (Å²) < 4.78 is 4.76. The quantitative estimate of drug-likeness (QED) is 0.216. The van der Waals surface area contributed by atoms with Crippen molar-refractivity contribution >= 4 is 49.1 Å². The van der Waals surface area contributed by atoms with E-state index in [0.29, 0.717) is 5.92 Å². The number of benzene rings is 5. The Morgan fingerprint density at radius 1 is 0.575 bits per heavy atom. The van der Waals surface area contributed by atoms with Crippen LogP contribution in [0.4, 0.5) is 0 Å². The van der Waals surface area contributed by atoms with Gasteiger partial charge in [-0.3, -0.25) is 4.40 Å². The van der Waals surface area contributed by atoms with Crippen molar-refractivity contribution in [2.45, 2.75) is 25.2 Å². The smallest absolute Gasteiger partial charge is 0.145 e.